The van der Waals surface area contributed by atoms with Crippen molar-refractivity contribution in [2.45, 2.75) is 31.4 Å². The van der Waals surface area contributed by atoms with Crippen molar-refractivity contribution in [2.75, 3.05) is 18.0 Å². The molecular weight excluding hydrogens is 419 g/mol. The lowest BCUT2D eigenvalue weighted by atomic mass is 10.0. The Balaban J connectivity index is 0.00000196. The molecule has 2 aliphatic heterocycles. The number of aliphatic hydroxyl groups is 1. The number of hydrogen-bond acceptors (Lipinski definition) is 2. The van der Waals surface area contributed by atoms with Crippen LogP contribution < -0.4 is 21.9 Å². The van der Waals surface area contributed by atoms with Crippen LogP contribution in [0.1, 0.15) is 31.2 Å². The standard InChI is InChI=1S/C20H21ClFN2O.BrH/c21-16-7-11-18(12-8-16)23-14-20(25,15-5-9-17(22)10-6-15)24-13-3-1-2-4-19(23)24;/h5-12,25H,1-4,13-14H2;1H/q+1;/p-1. The van der Waals surface area contributed by atoms with Gasteiger partial charge in [-0.3, -0.25) is 0 Å². The van der Waals surface area contributed by atoms with Gasteiger partial charge in [0.25, 0.3) is 11.6 Å². The summed E-state index contributed by atoms with van der Waals surface area (Å²) in [6, 6.07) is 13.9. The molecule has 0 radical (unpaired) electrons. The first-order valence-corrected chi connectivity index (χ1v) is 9.11. The molecule has 0 fully saturated rings. The Labute approximate surface area is 168 Å². The predicted molar refractivity (Wildman–Crippen MR) is 97.7 cm³/mol. The molecule has 2 heterocycles. The lowest BCUT2D eigenvalue weighted by Gasteiger charge is -2.23. The number of benzene rings is 2. The topological polar surface area (TPSA) is 26.5 Å². The Morgan fingerprint density at radius 1 is 1.00 bits per heavy atom. The second kappa shape index (κ2) is 7.67. The van der Waals surface area contributed by atoms with Crippen LogP contribution in [0.4, 0.5) is 10.1 Å². The van der Waals surface area contributed by atoms with Gasteiger partial charge in [0.2, 0.25) is 0 Å². The largest absolute Gasteiger partial charge is 1.00 e. The molecule has 0 saturated carbocycles. The summed E-state index contributed by atoms with van der Waals surface area (Å²) in [5, 5.41) is 12.3. The fourth-order valence-electron chi connectivity index (χ4n) is 3.90. The number of halogens is 3. The molecule has 0 aromatic heterocycles. The van der Waals surface area contributed by atoms with Gasteiger partial charge >= 0.3 is 0 Å². The van der Waals surface area contributed by atoms with Crippen molar-refractivity contribution in [3.05, 3.63) is 64.9 Å². The summed E-state index contributed by atoms with van der Waals surface area (Å²) >= 11 is 6.03. The van der Waals surface area contributed by atoms with E-state index < -0.39 is 5.72 Å². The number of amidine groups is 1. The first-order chi connectivity index (χ1) is 12.1. The van der Waals surface area contributed by atoms with E-state index in [1.807, 2.05) is 24.3 Å². The lowest BCUT2D eigenvalue weighted by molar-refractivity contribution is -0.658. The summed E-state index contributed by atoms with van der Waals surface area (Å²) in [5.74, 6) is 0.839. The maximum atomic E-state index is 13.4. The molecule has 0 amide bonds. The normalized spacial score (nSPS) is 22.7. The quantitative estimate of drug-likeness (QED) is 0.710. The summed E-state index contributed by atoms with van der Waals surface area (Å²) in [5.41, 5.74) is 0.599. The first-order valence-electron chi connectivity index (χ1n) is 8.73. The van der Waals surface area contributed by atoms with E-state index in [1.165, 1.54) is 12.1 Å². The van der Waals surface area contributed by atoms with Crippen molar-refractivity contribution < 1.29 is 31.1 Å². The average molecular weight is 440 g/mol. The SMILES string of the molecule is OC1(c2ccc(F)cc2)CN(c2ccc(Cl)cc2)C2=[N+]1CCCCC2.[Br-]. The van der Waals surface area contributed by atoms with Crippen LogP contribution in [0.2, 0.25) is 5.02 Å². The van der Waals surface area contributed by atoms with Gasteiger partial charge in [-0.15, -0.1) is 0 Å². The van der Waals surface area contributed by atoms with Gasteiger partial charge < -0.3 is 22.1 Å². The van der Waals surface area contributed by atoms with E-state index in [0.29, 0.717) is 11.6 Å². The van der Waals surface area contributed by atoms with Crippen molar-refractivity contribution in [3.63, 3.8) is 0 Å². The van der Waals surface area contributed by atoms with E-state index in [4.69, 9.17) is 11.6 Å². The molecule has 2 aromatic carbocycles. The zero-order chi connectivity index (χ0) is 17.4. The van der Waals surface area contributed by atoms with E-state index in [-0.39, 0.29) is 22.8 Å². The molecule has 2 aromatic rings. The smallest absolute Gasteiger partial charge is 0.271 e. The second-order valence-electron chi connectivity index (χ2n) is 6.76. The van der Waals surface area contributed by atoms with Crippen LogP contribution in [0.3, 0.4) is 0 Å². The Morgan fingerprint density at radius 2 is 1.69 bits per heavy atom. The third-order valence-corrected chi connectivity index (χ3v) is 5.43. The molecular formula is C20H21BrClFN2O. The number of anilines is 1. The third-order valence-electron chi connectivity index (χ3n) is 5.18. The Bertz CT molecular complexity index is 810. The molecule has 138 valence electrons. The predicted octanol–water partition coefficient (Wildman–Crippen LogP) is 1.13. The van der Waals surface area contributed by atoms with E-state index in [2.05, 4.69) is 9.48 Å². The molecule has 2 aliphatic rings. The van der Waals surface area contributed by atoms with Crippen LogP contribution in [0.5, 0.6) is 0 Å². The van der Waals surface area contributed by atoms with E-state index in [0.717, 1.165) is 49.3 Å². The minimum absolute atomic E-state index is 0. The second-order valence-corrected chi connectivity index (χ2v) is 7.20. The van der Waals surface area contributed by atoms with Crippen LogP contribution in [0.15, 0.2) is 48.5 Å². The molecule has 1 unspecified atom stereocenters. The van der Waals surface area contributed by atoms with E-state index in [9.17, 15) is 9.50 Å². The van der Waals surface area contributed by atoms with Gasteiger partial charge in [-0.2, -0.15) is 0 Å². The van der Waals surface area contributed by atoms with E-state index in [1.54, 1.807) is 12.1 Å². The van der Waals surface area contributed by atoms with Gasteiger partial charge in [0.15, 0.2) is 6.54 Å². The molecule has 26 heavy (non-hydrogen) atoms. The number of nitrogens with zero attached hydrogens (tertiary/aromatic N) is 2. The summed E-state index contributed by atoms with van der Waals surface area (Å²) in [4.78, 5) is 2.17. The number of rotatable bonds is 2. The fraction of sp³-hybridized carbons (Fsp3) is 0.350. The van der Waals surface area contributed by atoms with Crippen molar-refractivity contribution in [1.29, 1.82) is 0 Å². The zero-order valence-corrected chi connectivity index (χ0v) is 16.7. The van der Waals surface area contributed by atoms with Crippen molar-refractivity contribution in [3.8, 4) is 0 Å². The molecule has 3 nitrogen and oxygen atoms in total. The van der Waals surface area contributed by atoms with Crippen molar-refractivity contribution >= 4 is 23.1 Å². The molecule has 4 rings (SSSR count). The van der Waals surface area contributed by atoms with Gasteiger partial charge in [-0.05, 0) is 67.8 Å². The van der Waals surface area contributed by atoms with Gasteiger partial charge in [0.1, 0.15) is 11.5 Å². The third kappa shape index (κ3) is 3.40. The molecule has 0 bridgehead atoms. The number of hydrogen-bond donors (Lipinski definition) is 1. The number of β-amino-alcohol motifs (C(OH)–C–C–N with tert-alkyl or cyclic N) is 1. The molecule has 0 spiro atoms. The van der Waals surface area contributed by atoms with Gasteiger partial charge in [0, 0.05) is 17.0 Å². The van der Waals surface area contributed by atoms with Crippen LogP contribution in [0, 0.1) is 5.82 Å². The maximum Gasteiger partial charge on any atom is 0.271 e. The summed E-state index contributed by atoms with van der Waals surface area (Å²) in [6.07, 6.45) is 4.22. The zero-order valence-electron chi connectivity index (χ0n) is 14.3. The highest BCUT2D eigenvalue weighted by molar-refractivity contribution is 6.30. The van der Waals surface area contributed by atoms with Crippen LogP contribution in [0.25, 0.3) is 0 Å². The Morgan fingerprint density at radius 3 is 2.38 bits per heavy atom. The first kappa shape index (κ1) is 19.3. The van der Waals surface area contributed by atoms with Crippen LogP contribution in [-0.4, -0.2) is 28.6 Å². The molecule has 1 atom stereocenters. The fourth-order valence-corrected chi connectivity index (χ4v) is 4.02. The van der Waals surface area contributed by atoms with Gasteiger partial charge in [-0.1, -0.05) is 11.6 Å². The van der Waals surface area contributed by atoms with Crippen molar-refractivity contribution in [2.24, 2.45) is 0 Å². The highest BCUT2D eigenvalue weighted by atomic mass is 79.9. The van der Waals surface area contributed by atoms with Crippen LogP contribution in [-0.2, 0) is 5.72 Å². The molecule has 1 N–H and O–H groups in total. The van der Waals surface area contributed by atoms with Crippen LogP contribution >= 0.6 is 11.6 Å². The van der Waals surface area contributed by atoms with E-state index >= 15 is 0 Å². The lowest BCUT2D eigenvalue weighted by Crippen LogP contribution is -3.00. The monoisotopic (exact) mass is 438 g/mol. The van der Waals surface area contributed by atoms with Gasteiger partial charge in [0.05, 0.1) is 6.54 Å². The molecule has 6 heteroatoms. The average Bonchev–Trinajstić information content (AvgIpc) is 2.78. The minimum atomic E-state index is -1.15. The molecule has 0 saturated heterocycles. The highest BCUT2D eigenvalue weighted by Gasteiger charge is 2.51. The summed E-state index contributed by atoms with van der Waals surface area (Å²) < 4.78 is 15.5. The Kier molecular flexibility index (Phi) is 5.70. The molecule has 0 aliphatic carbocycles. The van der Waals surface area contributed by atoms with Crippen molar-refractivity contribution in [1.82, 2.24) is 0 Å². The van der Waals surface area contributed by atoms with Gasteiger partial charge in [-0.25, -0.2) is 13.9 Å². The summed E-state index contributed by atoms with van der Waals surface area (Å²) in [7, 11) is 0. The maximum absolute atomic E-state index is 13.4. The summed E-state index contributed by atoms with van der Waals surface area (Å²) in [6.45, 7) is 1.23. The Hall–Kier alpha value is -1.43. The highest BCUT2D eigenvalue weighted by Crippen LogP contribution is 2.35. The minimum Gasteiger partial charge on any atom is -1.00 e.